The molecule has 0 aromatic heterocycles. The van der Waals surface area contributed by atoms with Crippen molar-refractivity contribution >= 4 is 23.5 Å². The Morgan fingerprint density at radius 3 is 1.34 bits per heavy atom. The number of allylic oxidation sites excluding steroid dienone is 8. The monoisotopic (exact) mass is 562 g/mol. The molecule has 0 spiro atoms. The van der Waals surface area contributed by atoms with Crippen LogP contribution in [0.15, 0.2) is 43.9 Å². The molecule has 0 bridgehead atoms. The standard InChI is InChI=1S/C34H58O2S2/c1-9-34(8)23-29(16-11-13-20-32(4,5)26-36)38-30(24-34)18-14-17-28-22-33(6,7)21-27(37-28)15-10-12-19-31(2,3)25-35/h21-24,35-36H,9-20,25-26H2,1-8H3. The van der Waals surface area contributed by atoms with E-state index < -0.39 is 0 Å². The lowest BCUT2D eigenvalue weighted by Crippen LogP contribution is -2.16. The first-order chi connectivity index (χ1) is 17.7. The smallest absolute Gasteiger partial charge is 0.0482 e. The molecule has 2 heterocycles. The molecule has 218 valence electrons. The second-order valence-electron chi connectivity index (χ2n) is 14.2. The Hall–Kier alpha value is -0.420. The summed E-state index contributed by atoms with van der Waals surface area (Å²) in [5, 5.41) is 19.1. The molecule has 0 aliphatic carbocycles. The molecule has 4 heteroatoms. The van der Waals surface area contributed by atoms with Crippen LogP contribution in [-0.4, -0.2) is 23.4 Å². The van der Waals surface area contributed by atoms with Crippen molar-refractivity contribution in [3.63, 3.8) is 0 Å². The zero-order valence-corrected chi connectivity index (χ0v) is 27.6. The molecule has 0 amide bonds. The van der Waals surface area contributed by atoms with Gasteiger partial charge in [-0.15, -0.1) is 0 Å². The van der Waals surface area contributed by atoms with E-state index in [1.807, 2.05) is 23.5 Å². The summed E-state index contributed by atoms with van der Waals surface area (Å²) in [6, 6.07) is 0. The van der Waals surface area contributed by atoms with Gasteiger partial charge >= 0.3 is 0 Å². The summed E-state index contributed by atoms with van der Waals surface area (Å²) in [5.41, 5.74) is 0.412. The summed E-state index contributed by atoms with van der Waals surface area (Å²) in [4.78, 5) is 6.19. The van der Waals surface area contributed by atoms with Crippen LogP contribution in [0.1, 0.15) is 132 Å². The van der Waals surface area contributed by atoms with Crippen molar-refractivity contribution in [2.75, 3.05) is 13.2 Å². The molecule has 0 radical (unpaired) electrons. The highest BCUT2D eigenvalue weighted by atomic mass is 32.2. The van der Waals surface area contributed by atoms with Crippen molar-refractivity contribution in [2.24, 2.45) is 21.7 Å². The van der Waals surface area contributed by atoms with Crippen LogP contribution < -0.4 is 0 Å². The lowest BCUT2D eigenvalue weighted by molar-refractivity contribution is 0.147. The fourth-order valence-electron chi connectivity index (χ4n) is 5.20. The van der Waals surface area contributed by atoms with E-state index in [9.17, 15) is 10.2 Å². The minimum Gasteiger partial charge on any atom is -0.396 e. The first-order valence-corrected chi connectivity index (χ1v) is 16.8. The van der Waals surface area contributed by atoms with Crippen LogP contribution in [0.5, 0.6) is 0 Å². The highest BCUT2D eigenvalue weighted by Crippen LogP contribution is 2.46. The maximum atomic E-state index is 9.54. The lowest BCUT2D eigenvalue weighted by atomic mass is 9.85. The van der Waals surface area contributed by atoms with Crippen molar-refractivity contribution in [2.45, 2.75) is 132 Å². The molecule has 1 unspecified atom stereocenters. The van der Waals surface area contributed by atoms with E-state index in [0.717, 1.165) is 32.1 Å². The van der Waals surface area contributed by atoms with Gasteiger partial charge in [-0.05, 0) is 94.7 Å². The predicted molar refractivity (Wildman–Crippen MR) is 172 cm³/mol. The third-order valence-corrected chi connectivity index (χ3v) is 10.4. The summed E-state index contributed by atoms with van der Waals surface area (Å²) in [6.45, 7) is 18.6. The molecule has 1 atom stereocenters. The van der Waals surface area contributed by atoms with Gasteiger partial charge in [-0.1, -0.05) is 116 Å². The molecule has 2 nitrogen and oxygen atoms in total. The van der Waals surface area contributed by atoms with E-state index in [1.54, 1.807) is 14.7 Å². The van der Waals surface area contributed by atoms with E-state index in [4.69, 9.17) is 0 Å². The summed E-state index contributed by atoms with van der Waals surface area (Å²) in [7, 11) is 0. The fraction of sp³-hybridized carbons (Fsp3) is 0.765. The number of rotatable bonds is 17. The van der Waals surface area contributed by atoms with Crippen LogP contribution in [0.2, 0.25) is 0 Å². The number of hydrogen-bond acceptors (Lipinski definition) is 4. The molecule has 2 N–H and O–H groups in total. The summed E-state index contributed by atoms with van der Waals surface area (Å²) in [6.07, 6.45) is 24.0. The van der Waals surface area contributed by atoms with E-state index in [-0.39, 0.29) is 34.9 Å². The molecule has 0 saturated heterocycles. The van der Waals surface area contributed by atoms with Gasteiger partial charge < -0.3 is 10.2 Å². The third kappa shape index (κ3) is 12.4. The highest BCUT2D eigenvalue weighted by Gasteiger charge is 2.25. The second-order valence-corrected chi connectivity index (χ2v) is 16.7. The molecule has 2 aliphatic heterocycles. The SMILES string of the molecule is CCC1(C)C=C(CCCCC(C)(C)CO)SC(CCCC2=CC(C)(C)C=C(CCCCC(C)(C)CO)S2)=C1. The average molecular weight is 563 g/mol. The van der Waals surface area contributed by atoms with Gasteiger partial charge in [0.05, 0.1) is 0 Å². The Labute approximate surface area is 244 Å². The average Bonchev–Trinajstić information content (AvgIpc) is 2.83. The normalized spacial score (nSPS) is 22.1. The van der Waals surface area contributed by atoms with E-state index in [1.165, 1.54) is 49.9 Å². The Morgan fingerprint density at radius 1 is 0.605 bits per heavy atom. The van der Waals surface area contributed by atoms with Gasteiger partial charge in [0.25, 0.3) is 0 Å². The van der Waals surface area contributed by atoms with E-state index in [2.05, 4.69) is 79.7 Å². The largest absolute Gasteiger partial charge is 0.396 e. The fourth-order valence-corrected chi connectivity index (χ4v) is 8.24. The molecular formula is C34H58O2S2. The zero-order valence-electron chi connectivity index (χ0n) is 25.9. The van der Waals surface area contributed by atoms with Crippen LogP contribution in [-0.2, 0) is 0 Å². The van der Waals surface area contributed by atoms with Gasteiger partial charge in [0, 0.05) is 24.0 Å². The number of unbranched alkanes of at least 4 members (excludes halogenated alkanes) is 2. The van der Waals surface area contributed by atoms with Crippen LogP contribution >= 0.6 is 23.5 Å². The Bertz CT molecular complexity index is 875. The molecular weight excluding hydrogens is 505 g/mol. The van der Waals surface area contributed by atoms with Gasteiger partial charge in [0.2, 0.25) is 0 Å². The van der Waals surface area contributed by atoms with Gasteiger partial charge in [0.15, 0.2) is 0 Å². The predicted octanol–water partition coefficient (Wildman–Crippen LogP) is 10.8. The van der Waals surface area contributed by atoms with Crippen molar-refractivity contribution < 1.29 is 10.2 Å². The molecule has 0 aromatic rings. The molecule has 2 aliphatic rings. The molecule has 0 aromatic carbocycles. The number of hydrogen-bond donors (Lipinski definition) is 2. The van der Waals surface area contributed by atoms with E-state index >= 15 is 0 Å². The lowest BCUT2D eigenvalue weighted by Gasteiger charge is -2.29. The minimum absolute atomic E-state index is 0.0450. The molecule has 0 fully saturated rings. The quantitative estimate of drug-likeness (QED) is 0.173. The molecule has 38 heavy (non-hydrogen) atoms. The van der Waals surface area contributed by atoms with Gasteiger partial charge in [0.1, 0.15) is 0 Å². The Kier molecular flexibility index (Phi) is 13.3. The van der Waals surface area contributed by atoms with Gasteiger partial charge in [-0.2, -0.15) is 0 Å². The van der Waals surface area contributed by atoms with Crippen LogP contribution in [0, 0.1) is 21.7 Å². The van der Waals surface area contributed by atoms with Crippen LogP contribution in [0.3, 0.4) is 0 Å². The summed E-state index contributed by atoms with van der Waals surface area (Å²) in [5.74, 6) is 0. The summed E-state index contributed by atoms with van der Waals surface area (Å²) >= 11 is 4.06. The van der Waals surface area contributed by atoms with Crippen molar-refractivity contribution in [1.29, 1.82) is 0 Å². The van der Waals surface area contributed by atoms with Crippen molar-refractivity contribution in [3.05, 3.63) is 43.9 Å². The Morgan fingerprint density at radius 2 is 0.974 bits per heavy atom. The van der Waals surface area contributed by atoms with Crippen LogP contribution in [0.25, 0.3) is 0 Å². The minimum atomic E-state index is 0.0450. The number of aliphatic hydroxyl groups is 2. The maximum absolute atomic E-state index is 9.54. The highest BCUT2D eigenvalue weighted by molar-refractivity contribution is 8.07. The molecule has 0 saturated carbocycles. The number of aliphatic hydroxyl groups excluding tert-OH is 2. The second kappa shape index (κ2) is 15.0. The topological polar surface area (TPSA) is 40.5 Å². The first kappa shape index (κ1) is 33.8. The summed E-state index contributed by atoms with van der Waals surface area (Å²) < 4.78 is 0. The van der Waals surface area contributed by atoms with Crippen LogP contribution in [0.4, 0.5) is 0 Å². The third-order valence-electron chi connectivity index (χ3n) is 8.09. The van der Waals surface area contributed by atoms with Crippen molar-refractivity contribution in [1.82, 2.24) is 0 Å². The van der Waals surface area contributed by atoms with Gasteiger partial charge in [-0.3, -0.25) is 0 Å². The van der Waals surface area contributed by atoms with Crippen molar-refractivity contribution in [3.8, 4) is 0 Å². The molecule has 2 rings (SSSR count). The number of thioether (sulfide) groups is 2. The maximum Gasteiger partial charge on any atom is 0.0482 e. The Balaban J connectivity index is 1.85. The van der Waals surface area contributed by atoms with E-state index in [0.29, 0.717) is 0 Å². The zero-order chi connectivity index (χ0) is 28.5. The first-order valence-electron chi connectivity index (χ1n) is 15.1. The van der Waals surface area contributed by atoms with Gasteiger partial charge in [-0.25, -0.2) is 0 Å².